The largest absolute Gasteiger partial charge is 0.469 e. The molecule has 3 rings (SSSR count). The number of hydrogen-bond donors (Lipinski definition) is 0. The summed E-state index contributed by atoms with van der Waals surface area (Å²) in [6.45, 7) is 7.49. The molecule has 1 aromatic carbocycles. The van der Waals surface area contributed by atoms with Crippen LogP contribution >= 0.6 is 0 Å². The van der Waals surface area contributed by atoms with Crippen molar-refractivity contribution in [2.45, 2.75) is 39.7 Å². The second-order valence-corrected chi connectivity index (χ2v) is 6.78. The highest BCUT2D eigenvalue weighted by molar-refractivity contribution is 5.73. The molecule has 5 heteroatoms. The molecular formula is C20H25NO4. The fourth-order valence-corrected chi connectivity index (χ4v) is 3.21. The van der Waals surface area contributed by atoms with Crippen molar-refractivity contribution in [1.29, 1.82) is 0 Å². The maximum absolute atomic E-state index is 12.1. The molecule has 0 saturated carbocycles. The van der Waals surface area contributed by atoms with Crippen molar-refractivity contribution < 1.29 is 18.7 Å². The monoisotopic (exact) mass is 343 g/mol. The summed E-state index contributed by atoms with van der Waals surface area (Å²) in [5.74, 6) is 3.31. The van der Waals surface area contributed by atoms with Gasteiger partial charge in [-0.15, -0.1) is 0 Å². The van der Waals surface area contributed by atoms with Gasteiger partial charge < -0.3 is 18.8 Å². The summed E-state index contributed by atoms with van der Waals surface area (Å²) in [6.07, 6.45) is 2.58. The van der Waals surface area contributed by atoms with Gasteiger partial charge >= 0.3 is 0 Å². The van der Waals surface area contributed by atoms with Crippen molar-refractivity contribution in [3.8, 4) is 11.5 Å². The van der Waals surface area contributed by atoms with Crippen LogP contribution in [-0.4, -0.2) is 24.1 Å². The molecule has 1 aliphatic heterocycles. The van der Waals surface area contributed by atoms with Crippen LogP contribution in [0.25, 0.3) is 0 Å². The van der Waals surface area contributed by atoms with Crippen molar-refractivity contribution >= 4 is 5.91 Å². The molecule has 0 N–H and O–H groups in total. The van der Waals surface area contributed by atoms with E-state index in [0.29, 0.717) is 24.9 Å². The summed E-state index contributed by atoms with van der Waals surface area (Å²) < 4.78 is 16.3. The number of ether oxygens (including phenoxy) is 2. The zero-order valence-electron chi connectivity index (χ0n) is 15.0. The molecule has 1 aromatic heterocycles. The van der Waals surface area contributed by atoms with Gasteiger partial charge in [-0.3, -0.25) is 4.79 Å². The first-order valence-electron chi connectivity index (χ1n) is 8.72. The van der Waals surface area contributed by atoms with Gasteiger partial charge in [0.05, 0.1) is 6.26 Å². The summed E-state index contributed by atoms with van der Waals surface area (Å²) in [4.78, 5) is 14.0. The second-order valence-electron chi connectivity index (χ2n) is 6.78. The molecule has 0 unspecified atom stereocenters. The standard InChI is InChI=1S/C20H25NO4/c1-14(2)17(18-5-4-10-23-18)8-9-21(15(3)22)12-16-6-7-19-20(11-16)25-13-24-19/h4-7,10-11,14,17H,8-9,12-13H2,1-3H3/t17-/m0/s1. The highest BCUT2D eigenvalue weighted by Crippen LogP contribution is 2.33. The highest BCUT2D eigenvalue weighted by Gasteiger charge is 2.21. The Balaban J connectivity index is 1.66. The van der Waals surface area contributed by atoms with Gasteiger partial charge in [0.25, 0.3) is 0 Å². The minimum absolute atomic E-state index is 0.0691. The molecule has 0 saturated heterocycles. The van der Waals surface area contributed by atoms with Crippen molar-refractivity contribution in [3.05, 3.63) is 47.9 Å². The third-order valence-corrected chi connectivity index (χ3v) is 4.68. The first kappa shape index (κ1) is 17.4. The van der Waals surface area contributed by atoms with E-state index in [1.807, 2.05) is 35.2 Å². The quantitative estimate of drug-likeness (QED) is 0.756. The molecule has 1 atom stereocenters. The van der Waals surface area contributed by atoms with Crippen LogP contribution < -0.4 is 9.47 Å². The lowest BCUT2D eigenvalue weighted by molar-refractivity contribution is -0.129. The Morgan fingerprint density at radius 1 is 1.20 bits per heavy atom. The average molecular weight is 343 g/mol. The van der Waals surface area contributed by atoms with Crippen LogP contribution in [0.2, 0.25) is 0 Å². The van der Waals surface area contributed by atoms with E-state index in [1.54, 1.807) is 13.2 Å². The number of amides is 1. The van der Waals surface area contributed by atoms with E-state index in [0.717, 1.165) is 29.2 Å². The predicted molar refractivity (Wildman–Crippen MR) is 94.6 cm³/mol. The molecule has 134 valence electrons. The molecule has 25 heavy (non-hydrogen) atoms. The van der Waals surface area contributed by atoms with Gasteiger partial charge in [-0.1, -0.05) is 19.9 Å². The smallest absolute Gasteiger partial charge is 0.231 e. The number of nitrogens with zero attached hydrogens (tertiary/aromatic N) is 1. The Bertz CT molecular complexity index is 708. The van der Waals surface area contributed by atoms with E-state index in [2.05, 4.69) is 13.8 Å². The third-order valence-electron chi connectivity index (χ3n) is 4.68. The second kappa shape index (κ2) is 7.64. The van der Waals surface area contributed by atoms with E-state index in [9.17, 15) is 4.79 Å². The zero-order chi connectivity index (χ0) is 17.8. The normalized spacial score (nSPS) is 13.9. The predicted octanol–water partition coefficient (Wildman–Crippen LogP) is 4.19. The Morgan fingerprint density at radius 2 is 2.00 bits per heavy atom. The van der Waals surface area contributed by atoms with Crippen molar-refractivity contribution in [3.63, 3.8) is 0 Å². The summed E-state index contributed by atoms with van der Waals surface area (Å²) >= 11 is 0. The molecule has 0 radical (unpaired) electrons. The van der Waals surface area contributed by atoms with Crippen molar-refractivity contribution in [2.75, 3.05) is 13.3 Å². The van der Waals surface area contributed by atoms with Crippen molar-refractivity contribution in [2.24, 2.45) is 5.92 Å². The van der Waals surface area contributed by atoms with E-state index in [-0.39, 0.29) is 12.7 Å². The summed E-state index contributed by atoms with van der Waals surface area (Å²) in [5, 5.41) is 0. The molecular weight excluding hydrogens is 318 g/mol. The maximum Gasteiger partial charge on any atom is 0.231 e. The maximum atomic E-state index is 12.1. The number of carbonyl (C=O) groups is 1. The van der Waals surface area contributed by atoms with Crippen LogP contribution in [0.15, 0.2) is 41.0 Å². The summed E-state index contributed by atoms with van der Waals surface area (Å²) in [5.41, 5.74) is 1.04. The first-order valence-corrected chi connectivity index (χ1v) is 8.72. The summed E-state index contributed by atoms with van der Waals surface area (Å²) in [7, 11) is 0. The van der Waals surface area contributed by atoms with Crippen LogP contribution in [0.4, 0.5) is 0 Å². The molecule has 1 aliphatic rings. The zero-order valence-corrected chi connectivity index (χ0v) is 15.0. The van der Waals surface area contributed by atoms with E-state index >= 15 is 0 Å². The van der Waals surface area contributed by atoms with Gasteiger partial charge in [-0.05, 0) is 42.2 Å². The Morgan fingerprint density at radius 3 is 2.68 bits per heavy atom. The van der Waals surface area contributed by atoms with Crippen LogP contribution in [0.1, 0.15) is 44.4 Å². The Hall–Kier alpha value is -2.43. The molecule has 0 fully saturated rings. The van der Waals surface area contributed by atoms with Gasteiger partial charge in [0.1, 0.15) is 5.76 Å². The van der Waals surface area contributed by atoms with Crippen molar-refractivity contribution in [1.82, 2.24) is 4.90 Å². The van der Waals surface area contributed by atoms with Crippen LogP contribution in [-0.2, 0) is 11.3 Å². The Kier molecular flexibility index (Phi) is 5.31. The van der Waals surface area contributed by atoms with Gasteiger partial charge in [-0.2, -0.15) is 0 Å². The average Bonchev–Trinajstić information content (AvgIpc) is 3.24. The summed E-state index contributed by atoms with van der Waals surface area (Å²) in [6, 6.07) is 9.76. The van der Waals surface area contributed by atoms with Gasteiger partial charge in [0.15, 0.2) is 11.5 Å². The lowest BCUT2D eigenvalue weighted by Gasteiger charge is -2.25. The van der Waals surface area contributed by atoms with E-state index < -0.39 is 0 Å². The minimum Gasteiger partial charge on any atom is -0.469 e. The number of hydrogen-bond acceptors (Lipinski definition) is 4. The number of rotatable bonds is 7. The lowest BCUT2D eigenvalue weighted by Crippen LogP contribution is -2.30. The molecule has 2 aromatic rings. The number of benzene rings is 1. The fraction of sp³-hybridized carbons (Fsp3) is 0.450. The van der Waals surface area contributed by atoms with Crippen LogP contribution in [0, 0.1) is 5.92 Å². The van der Waals surface area contributed by atoms with Crippen LogP contribution in [0.3, 0.4) is 0 Å². The minimum atomic E-state index is 0.0691. The topological polar surface area (TPSA) is 51.9 Å². The molecule has 2 heterocycles. The number of furan rings is 1. The molecule has 0 aliphatic carbocycles. The van der Waals surface area contributed by atoms with Crippen LogP contribution in [0.5, 0.6) is 11.5 Å². The lowest BCUT2D eigenvalue weighted by atomic mass is 9.90. The molecule has 1 amide bonds. The van der Waals surface area contributed by atoms with E-state index in [1.165, 1.54) is 0 Å². The first-order chi connectivity index (χ1) is 12.0. The SMILES string of the molecule is CC(=O)N(CC[C@H](c1ccco1)C(C)C)Cc1ccc2c(c1)OCO2. The van der Waals surface area contributed by atoms with Gasteiger partial charge in [-0.25, -0.2) is 0 Å². The molecule has 5 nitrogen and oxygen atoms in total. The molecule has 0 spiro atoms. The molecule has 0 bridgehead atoms. The third kappa shape index (κ3) is 4.16. The highest BCUT2D eigenvalue weighted by atomic mass is 16.7. The number of carbonyl (C=O) groups excluding carboxylic acids is 1. The van der Waals surface area contributed by atoms with Gasteiger partial charge in [0.2, 0.25) is 12.7 Å². The number of fused-ring (bicyclic) bond motifs is 1. The van der Waals surface area contributed by atoms with E-state index in [4.69, 9.17) is 13.9 Å². The van der Waals surface area contributed by atoms with Gasteiger partial charge in [0, 0.05) is 25.9 Å². The fourth-order valence-electron chi connectivity index (χ4n) is 3.21. The Labute approximate surface area is 148 Å².